The van der Waals surface area contributed by atoms with Crippen molar-refractivity contribution < 1.29 is 14.3 Å². The van der Waals surface area contributed by atoms with Crippen molar-refractivity contribution in [3.63, 3.8) is 0 Å². The van der Waals surface area contributed by atoms with Gasteiger partial charge < -0.3 is 19.7 Å². The summed E-state index contributed by atoms with van der Waals surface area (Å²) >= 11 is 0. The normalized spacial score (nSPS) is 16.4. The van der Waals surface area contributed by atoms with Crippen LogP contribution in [0.2, 0.25) is 0 Å². The first-order valence-electron chi connectivity index (χ1n) is 8.08. The van der Waals surface area contributed by atoms with E-state index in [1.807, 2.05) is 47.4 Å². The van der Waals surface area contributed by atoms with Crippen LogP contribution in [-0.4, -0.2) is 31.6 Å². The molecule has 1 N–H and O–H groups in total. The Hall–Kier alpha value is -2.69. The average Bonchev–Trinajstić information content (AvgIpc) is 2.63. The van der Waals surface area contributed by atoms with Crippen LogP contribution in [0.3, 0.4) is 0 Å². The van der Waals surface area contributed by atoms with Gasteiger partial charge in [0.25, 0.3) is 5.91 Å². The van der Waals surface area contributed by atoms with Gasteiger partial charge in [-0.2, -0.15) is 0 Å². The minimum absolute atomic E-state index is 0.0362. The van der Waals surface area contributed by atoms with E-state index in [-0.39, 0.29) is 12.1 Å². The molecule has 0 radical (unpaired) electrons. The number of hydrogen-bond donors (Lipinski definition) is 1. The largest absolute Gasteiger partial charge is 0.497 e. The maximum absolute atomic E-state index is 12.9. The highest BCUT2D eigenvalue weighted by molar-refractivity contribution is 6.01. The lowest BCUT2D eigenvalue weighted by atomic mass is 10.0. The lowest BCUT2D eigenvalue weighted by Gasteiger charge is -2.38. The van der Waals surface area contributed by atoms with E-state index in [1.54, 1.807) is 14.2 Å². The van der Waals surface area contributed by atoms with Crippen LogP contribution >= 0.6 is 0 Å². The van der Waals surface area contributed by atoms with Crippen molar-refractivity contribution in [2.24, 2.45) is 0 Å². The smallest absolute Gasteiger partial charge is 0.257 e. The summed E-state index contributed by atoms with van der Waals surface area (Å²) in [5.41, 5.74) is 2.46. The van der Waals surface area contributed by atoms with E-state index in [9.17, 15) is 4.79 Å². The molecule has 3 rings (SSSR count). The number of fused-ring (bicyclic) bond motifs is 1. The third-order valence-electron chi connectivity index (χ3n) is 4.22. The number of hydrogen-bond acceptors (Lipinski definition) is 4. The van der Waals surface area contributed by atoms with Crippen LogP contribution < -0.4 is 14.8 Å². The second-order valence-electron chi connectivity index (χ2n) is 5.70. The molecule has 24 heavy (non-hydrogen) atoms. The second-order valence-corrected chi connectivity index (χ2v) is 5.70. The molecule has 1 heterocycles. The van der Waals surface area contributed by atoms with Gasteiger partial charge in [-0.25, -0.2) is 0 Å². The molecule has 0 aromatic heterocycles. The topological polar surface area (TPSA) is 50.8 Å². The number of amides is 1. The highest BCUT2D eigenvalue weighted by atomic mass is 16.5. The van der Waals surface area contributed by atoms with Crippen molar-refractivity contribution in [3.05, 3.63) is 53.6 Å². The zero-order chi connectivity index (χ0) is 17.1. The standard InChI is InChI=1S/C19H22N2O3/c1-4-11-21-18(15-10-9-13(23-2)12-17(15)24-3)20-16-8-6-5-7-14(16)19(21)22/h5-10,12,18,20H,4,11H2,1-3H3/t18-/m0/s1. The van der Waals surface area contributed by atoms with Gasteiger partial charge in [-0.3, -0.25) is 4.79 Å². The Morgan fingerprint density at radius 2 is 1.92 bits per heavy atom. The minimum atomic E-state index is -0.270. The van der Waals surface area contributed by atoms with E-state index in [1.165, 1.54) is 0 Å². The van der Waals surface area contributed by atoms with Crippen LogP contribution in [0.1, 0.15) is 35.4 Å². The average molecular weight is 326 g/mol. The third kappa shape index (κ3) is 2.77. The molecule has 126 valence electrons. The molecule has 0 spiro atoms. The van der Waals surface area contributed by atoms with Gasteiger partial charge >= 0.3 is 0 Å². The summed E-state index contributed by atoms with van der Waals surface area (Å²) in [5, 5.41) is 3.48. The van der Waals surface area contributed by atoms with Gasteiger partial charge in [0.1, 0.15) is 17.7 Å². The fourth-order valence-corrected chi connectivity index (χ4v) is 3.05. The maximum Gasteiger partial charge on any atom is 0.257 e. The van der Waals surface area contributed by atoms with Crippen LogP contribution in [0.5, 0.6) is 11.5 Å². The van der Waals surface area contributed by atoms with Gasteiger partial charge in [0, 0.05) is 23.9 Å². The van der Waals surface area contributed by atoms with E-state index in [0.717, 1.165) is 23.4 Å². The maximum atomic E-state index is 12.9. The van der Waals surface area contributed by atoms with E-state index >= 15 is 0 Å². The van der Waals surface area contributed by atoms with E-state index in [2.05, 4.69) is 12.2 Å². The molecule has 0 aliphatic carbocycles. The van der Waals surface area contributed by atoms with Crippen LogP contribution in [0, 0.1) is 0 Å². The van der Waals surface area contributed by atoms with Crippen molar-refractivity contribution in [2.45, 2.75) is 19.5 Å². The molecule has 2 aromatic carbocycles. The Bertz CT molecular complexity index is 745. The van der Waals surface area contributed by atoms with E-state index in [0.29, 0.717) is 17.9 Å². The molecular weight excluding hydrogens is 304 g/mol. The van der Waals surface area contributed by atoms with Gasteiger partial charge in [-0.05, 0) is 30.7 Å². The predicted molar refractivity (Wildman–Crippen MR) is 93.7 cm³/mol. The van der Waals surface area contributed by atoms with Crippen molar-refractivity contribution in [3.8, 4) is 11.5 Å². The zero-order valence-corrected chi connectivity index (χ0v) is 14.2. The van der Waals surface area contributed by atoms with Crippen molar-refractivity contribution in [2.75, 3.05) is 26.1 Å². The fraction of sp³-hybridized carbons (Fsp3) is 0.316. The Labute approximate surface area is 142 Å². The number of ether oxygens (including phenoxy) is 2. The molecule has 0 saturated carbocycles. The van der Waals surface area contributed by atoms with Crippen molar-refractivity contribution >= 4 is 11.6 Å². The first-order valence-corrected chi connectivity index (χ1v) is 8.08. The number of carbonyl (C=O) groups is 1. The van der Waals surface area contributed by atoms with Crippen molar-refractivity contribution in [1.82, 2.24) is 4.90 Å². The van der Waals surface area contributed by atoms with Gasteiger partial charge in [-0.15, -0.1) is 0 Å². The van der Waals surface area contributed by atoms with Crippen LogP contribution in [0.25, 0.3) is 0 Å². The predicted octanol–water partition coefficient (Wildman–Crippen LogP) is 3.68. The number of nitrogens with zero attached hydrogens (tertiary/aromatic N) is 1. The van der Waals surface area contributed by atoms with Crippen LogP contribution in [-0.2, 0) is 0 Å². The zero-order valence-electron chi connectivity index (χ0n) is 14.2. The Kier molecular flexibility index (Phi) is 4.60. The van der Waals surface area contributed by atoms with Gasteiger partial charge in [0.2, 0.25) is 0 Å². The molecule has 1 atom stereocenters. The third-order valence-corrected chi connectivity index (χ3v) is 4.22. The Balaban J connectivity index is 2.07. The summed E-state index contributed by atoms with van der Waals surface area (Å²) in [4.78, 5) is 14.8. The quantitative estimate of drug-likeness (QED) is 0.910. The Morgan fingerprint density at radius 1 is 1.12 bits per heavy atom. The molecule has 0 unspecified atom stereocenters. The molecule has 0 fully saturated rings. The van der Waals surface area contributed by atoms with Gasteiger partial charge in [-0.1, -0.05) is 19.1 Å². The number of methoxy groups -OCH3 is 2. The van der Waals surface area contributed by atoms with Gasteiger partial charge in [0.15, 0.2) is 0 Å². The van der Waals surface area contributed by atoms with Crippen molar-refractivity contribution in [1.29, 1.82) is 0 Å². The molecular formula is C19H22N2O3. The van der Waals surface area contributed by atoms with E-state index < -0.39 is 0 Å². The molecule has 5 heteroatoms. The highest BCUT2D eigenvalue weighted by Gasteiger charge is 2.33. The summed E-state index contributed by atoms with van der Waals surface area (Å²) in [6, 6.07) is 13.3. The highest BCUT2D eigenvalue weighted by Crippen LogP contribution is 2.38. The molecule has 1 amide bonds. The lowest BCUT2D eigenvalue weighted by molar-refractivity contribution is 0.0681. The summed E-state index contributed by atoms with van der Waals surface area (Å²) in [6.45, 7) is 2.73. The summed E-state index contributed by atoms with van der Waals surface area (Å²) in [7, 11) is 3.25. The molecule has 0 saturated heterocycles. The number of benzene rings is 2. The molecule has 0 bridgehead atoms. The van der Waals surface area contributed by atoms with Gasteiger partial charge in [0.05, 0.1) is 19.8 Å². The summed E-state index contributed by atoms with van der Waals surface area (Å²) in [6.07, 6.45) is 0.609. The molecule has 1 aliphatic rings. The first-order chi connectivity index (χ1) is 11.7. The number of anilines is 1. The Morgan fingerprint density at radius 3 is 2.62 bits per heavy atom. The SMILES string of the molecule is CCCN1C(=O)c2ccccc2N[C@@H]1c1ccc(OC)cc1OC. The van der Waals surface area contributed by atoms with E-state index in [4.69, 9.17) is 9.47 Å². The number of carbonyl (C=O) groups excluding carboxylic acids is 1. The second kappa shape index (κ2) is 6.83. The monoisotopic (exact) mass is 326 g/mol. The number of rotatable bonds is 5. The molecule has 1 aliphatic heterocycles. The fourth-order valence-electron chi connectivity index (χ4n) is 3.05. The lowest BCUT2D eigenvalue weighted by Crippen LogP contribution is -2.43. The summed E-state index contributed by atoms with van der Waals surface area (Å²) in [5.74, 6) is 1.45. The number of nitrogens with one attached hydrogen (secondary N) is 1. The molecule has 5 nitrogen and oxygen atoms in total. The summed E-state index contributed by atoms with van der Waals surface area (Å²) < 4.78 is 10.8. The van der Waals surface area contributed by atoms with Crippen LogP contribution in [0.15, 0.2) is 42.5 Å². The minimum Gasteiger partial charge on any atom is -0.497 e. The first kappa shape index (κ1) is 16.2. The molecule has 2 aromatic rings. The number of para-hydroxylation sites is 1. The van der Waals surface area contributed by atoms with Crippen LogP contribution in [0.4, 0.5) is 5.69 Å².